The van der Waals surface area contributed by atoms with Gasteiger partial charge in [-0.2, -0.15) is 0 Å². The lowest BCUT2D eigenvalue weighted by Crippen LogP contribution is -2.29. The Morgan fingerprint density at radius 3 is 2.67 bits per heavy atom. The molecule has 24 heavy (non-hydrogen) atoms. The van der Waals surface area contributed by atoms with E-state index in [0.29, 0.717) is 16.2 Å². The van der Waals surface area contributed by atoms with Gasteiger partial charge in [-0.3, -0.25) is 0 Å². The van der Waals surface area contributed by atoms with Crippen molar-refractivity contribution < 1.29 is 13.9 Å². The van der Waals surface area contributed by atoms with Gasteiger partial charge in [0.15, 0.2) is 0 Å². The molecule has 4 rings (SSSR count). The summed E-state index contributed by atoms with van der Waals surface area (Å²) >= 11 is 6.41. The highest BCUT2D eigenvalue weighted by Gasteiger charge is 2.20. The number of halogens is 2. The smallest absolute Gasteiger partial charge is 0.136 e. The van der Waals surface area contributed by atoms with Gasteiger partial charge in [0, 0.05) is 29.1 Å². The Morgan fingerprint density at radius 1 is 1.12 bits per heavy atom. The lowest BCUT2D eigenvalue weighted by Gasteiger charge is -2.27. The molecule has 1 aliphatic rings. The quantitative estimate of drug-likeness (QED) is 0.658. The van der Waals surface area contributed by atoms with Crippen molar-refractivity contribution in [3.05, 3.63) is 47.4 Å². The van der Waals surface area contributed by atoms with Crippen molar-refractivity contribution in [1.82, 2.24) is 0 Å². The predicted octanol–water partition coefficient (Wildman–Crippen LogP) is 5.59. The summed E-state index contributed by atoms with van der Waals surface area (Å²) < 4.78 is 19.8. The molecule has 0 amide bonds. The third-order valence-electron chi connectivity index (χ3n) is 4.60. The Bertz CT molecular complexity index is 880. The van der Waals surface area contributed by atoms with Crippen LogP contribution in [0.1, 0.15) is 19.3 Å². The lowest BCUT2D eigenvalue weighted by molar-refractivity contribution is 0.472. The maximum Gasteiger partial charge on any atom is 0.136 e. The second-order valence-corrected chi connectivity index (χ2v) is 6.54. The molecule has 2 heterocycles. The molecule has 3 nitrogen and oxygen atoms in total. The van der Waals surface area contributed by atoms with Crippen molar-refractivity contribution in [1.29, 1.82) is 0 Å². The third-order valence-corrected chi connectivity index (χ3v) is 4.91. The summed E-state index contributed by atoms with van der Waals surface area (Å²) in [4.78, 5) is 2.30. The van der Waals surface area contributed by atoms with Gasteiger partial charge in [0.25, 0.3) is 0 Å². The highest BCUT2D eigenvalue weighted by Crippen LogP contribution is 2.41. The third kappa shape index (κ3) is 2.51. The minimum absolute atomic E-state index is 0.0975. The average Bonchev–Trinajstić information content (AvgIpc) is 2.98. The van der Waals surface area contributed by atoms with Gasteiger partial charge >= 0.3 is 0 Å². The molecule has 0 unspecified atom stereocenters. The van der Waals surface area contributed by atoms with Crippen molar-refractivity contribution in [2.24, 2.45) is 0 Å². The number of nitrogens with zero attached hydrogens (tertiary/aromatic N) is 1. The molecular weight excluding hydrogens is 329 g/mol. The minimum Gasteiger partial charge on any atom is -0.507 e. The molecule has 0 spiro atoms. The molecule has 1 N–H and O–H groups in total. The van der Waals surface area contributed by atoms with Gasteiger partial charge in [0.2, 0.25) is 0 Å². The van der Waals surface area contributed by atoms with E-state index < -0.39 is 5.82 Å². The van der Waals surface area contributed by atoms with Crippen molar-refractivity contribution in [2.75, 3.05) is 18.0 Å². The summed E-state index contributed by atoms with van der Waals surface area (Å²) in [7, 11) is 0. The summed E-state index contributed by atoms with van der Waals surface area (Å²) in [5.41, 5.74) is 2.19. The maximum atomic E-state index is 14.2. The molecule has 0 bridgehead atoms. The van der Waals surface area contributed by atoms with Gasteiger partial charge in [-0.1, -0.05) is 17.7 Å². The van der Waals surface area contributed by atoms with E-state index >= 15 is 0 Å². The molecule has 124 valence electrons. The number of phenols is 1. The van der Waals surface area contributed by atoms with Crippen LogP contribution < -0.4 is 4.90 Å². The average molecular weight is 346 g/mol. The number of aromatic hydroxyl groups is 1. The number of phenolic OH excluding ortho intramolecular Hbond substituents is 1. The van der Waals surface area contributed by atoms with Gasteiger partial charge in [-0.15, -0.1) is 0 Å². The van der Waals surface area contributed by atoms with E-state index in [-0.39, 0.29) is 11.3 Å². The van der Waals surface area contributed by atoms with E-state index in [0.717, 1.165) is 24.2 Å². The van der Waals surface area contributed by atoms with Gasteiger partial charge in [0.05, 0.1) is 11.3 Å². The van der Waals surface area contributed by atoms with E-state index in [1.165, 1.54) is 37.5 Å². The molecule has 0 atom stereocenters. The van der Waals surface area contributed by atoms with Crippen molar-refractivity contribution >= 4 is 28.3 Å². The van der Waals surface area contributed by atoms with Crippen LogP contribution in [0, 0.1) is 5.82 Å². The monoisotopic (exact) mass is 345 g/mol. The topological polar surface area (TPSA) is 36.6 Å². The van der Waals surface area contributed by atoms with Crippen molar-refractivity contribution in [3.63, 3.8) is 0 Å². The predicted molar refractivity (Wildman–Crippen MR) is 94.3 cm³/mol. The maximum absolute atomic E-state index is 14.2. The van der Waals surface area contributed by atoms with Crippen LogP contribution in [-0.4, -0.2) is 18.2 Å². The zero-order chi connectivity index (χ0) is 16.7. The fraction of sp³-hybridized carbons (Fsp3) is 0.263. The Balaban J connectivity index is 1.84. The number of rotatable bonds is 2. The van der Waals surface area contributed by atoms with Crippen LogP contribution in [0.15, 0.2) is 41.0 Å². The Labute approximate surface area is 144 Å². The first-order chi connectivity index (χ1) is 11.6. The van der Waals surface area contributed by atoms with Crippen LogP contribution in [0.5, 0.6) is 5.75 Å². The van der Waals surface area contributed by atoms with Crippen molar-refractivity contribution in [2.45, 2.75) is 19.3 Å². The summed E-state index contributed by atoms with van der Waals surface area (Å²) in [6.07, 6.45) is 5.32. The first-order valence-electron chi connectivity index (χ1n) is 8.08. The molecule has 0 aliphatic carbocycles. The Morgan fingerprint density at radius 2 is 1.92 bits per heavy atom. The van der Waals surface area contributed by atoms with Gasteiger partial charge in [-0.25, -0.2) is 4.39 Å². The molecule has 0 saturated carbocycles. The lowest BCUT2D eigenvalue weighted by atomic mass is 10.0. The van der Waals surface area contributed by atoms with Crippen LogP contribution >= 0.6 is 11.6 Å². The van der Waals surface area contributed by atoms with E-state index in [2.05, 4.69) is 4.90 Å². The van der Waals surface area contributed by atoms with Crippen LogP contribution in [0.4, 0.5) is 10.1 Å². The van der Waals surface area contributed by atoms with E-state index in [4.69, 9.17) is 16.0 Å². The van der Waals surface area contributed by atoms with Gasteiger partial charge in [0.1, 0.15) is 23.4 Å². The van der Waals surface area contributed by atoms with E-state index in [1.807, 2.05) is 0 Å². The summed E-state index contributed by atoms with van der Waals surface area (Å²) in [6.45, 7) is 2.00. The molecule has 5 heteroatoms. The number of fused-ring (bicyclic) bond motifs is 1. The number of piperidine rings is 1. The number of benzene rings is 2. The van der Waals surface area contributed by atoms with Crippen LogP contribution in [0.3, 0.4) is 0 Å². The Hall–Kier alpha value is -2.20. The highest BCUT2D eigenvalue weighted by molar-refractivity contribution is 6.34. The molecule has 1 saturated heterocycles. The zero-order valence-corrected chi connectivity index (χ0v) is 13.8. The number of anilines is 1. The SMILES string of the molecule is Oc1cccc(F)c1-c1cc2occ(N3CCCCC3)c2cc1Cl. The van der Waals surface area contributed by atoms with Gasteiger partial charge < -0.3 is 14.4 Å². The summed E-state index contributed by atoms with van der Waals surface area (Å²) in [5, 5.41) is 11.3. The van der Waals surface area contributed by atoms with Crippen LogP contribution in [-0.2, 0) is 0 Å². The fourth-order valence-electron chi connectivity index (χ4n) is 3.38. The van der Waals surface area contributed by atoms with Crippen LogP contribution in [0.2, 0.25) is 5.02 Å². The first kappa shape index (κ1) is 15.3. The van der Waals surface area contributed by atoms with Crippen molar-refractivity contribution in [3.8, 4) is 16.9 Å². The first-order valence-corrected chi connectivity index (χ1v) is 8.46. The normalized spacial score (nSPS) is 15.2. The molecule has 2 aromatic carbocycles. The molecule has 3 aromatic rings. The standard InChI is InChI=1S/C19H17ClFNO2/c20-14-9-13-16(22-7-2-1-3-8-22)11-24-18(13)10-12(14)19-15(21)5-4-6-17(19)23/h4-6,9-11,23H,1-3,7-8H2. The van der Waals surface area contributed by atoms with Gasteiger partial charge in [-0.05, 0) is 43.5 Å². The highest BCUT2D eigenvalue weighted by atomic mass is 35.5. The molecule has 1 aromatic heterocycles. The summed E-state index contributed by atoms with van der Waals surface area (Å²) in [6, 6.07) is 7.70. The molecule has 1 fully saturated rings. The molecular formula is C19H17ClFNO2. The number of hydrogen-bond donors (Lipinski definition) is 1. The van der Waals surface area contributed by atoms with E-state index in [1.54, 1.807) is 18.4 Å². The van der Waals surface area contributed by atoms with E-state index in [9.17, 15) is 9.50 Å². The zero-order valence-electron chi connectivity index (χ0n) is 13.1. The number of hydrogen-bond acceptors (Lipinski definition) is 3. The summed E-state index contributed by atoms with van der Waals surface area (Å²) in [5.74, 6) is -0.655. The molecule has 1 aliphatic heterocycles. The fourth-order valence-corrected chi connectivity index (χ4v) is 3.64. The Kier molecular flexibility index (Phi) is 3.85. The largest absolute Gasteiger partial charge is 0.507 e. The second kappa shape index (κ2) is 6.02. The minimum atomic E-state index is -0.515. The molecule has 0 radical (unpaired) electrons. The van der Waals surface area contributed by atoms with Crippen LogP contribution in [0.25, 0.3) is 22.1 Å². The second-order valence-electron chi connectivity index (χ2n) is 6.13. The number of furan rings is 1.